The Bertz CT molecular complexity index is 469. The second kappa shape index (κ2) is 23.2. The van der Waals surface area contributed by atoms with E-state index in [9.17, 15) is 4.79 Å². The number of ether oxygens (including phenoxy) is 1. The molecule has 33 heavy (non-hydrogen) atoms. The van der Waals surface area contributed by atoms with Crippen molar-refractivity contribution in [1.82, 2.24) is 5.32 Å². The molecule has 194 valence electrons. The molecular formula is C29H54ClNO2. The monoisotopic (exact) mass is 483 g/mol. The second-order valence-electron chi connectivity index (χ2n) is 10.0. The van der Waals surface area contributed by atoms with Gasteiger partial charge in [-0.3, -0.25) is 4.79 Å². The summed E-state index contributed by atoms with van der Waals surface area (Å²) in [5.41, 5.74) is 0. The molecule has 0 aromatic rings. The molecule has 0 radical (unpaired) electrons. The number of carbonyl (C=O) groups is 1. The average molecular weight is 484 g/mol. The first-order chi connectivity index (χ1) is 16.3. The van der Waals surface area contributed by atoms with Crippen LogP contribution in [-0.4, -0.2) is 31.5 Å². The maximum Gasteiger partial charge on any atom is 0.223 e. The average Bonchev–Trinajstić information content (AvgIpc) is 2.83. The van der Waals surface area contributed by atoms with Crippen LogP contribution in [0.2, 0.25) is 0 Å². The highest BCUT2D eigenvalue weighted by Crippen LogP contribution is 2.26. The molecule has 2 atom stereocenters. The fraction of sp³-hybridized carbons (Fsp3) is 0.897. The molecule has 0 heterocycles. The van der Waals surface area contributed by atoms with Crippen LogP contribution in [0, 0.1) is 11.8 Å². The van der Waals surface area contributed by atoms with Crippen LogP contribution >= 0.6 is 11.6 Å². The Morgan fingerprint density at radius 3 is 1.85 bits per heavy atom. The Morgan fingerprint density at radius 2 is 1.30 bits per heavy atom. The first-order valence-corrected chi connectivity index (χ1v) is 14.9. The molecule has 0 spiro atoms. The summed E-state index contributed by atoms with van der Waals surface area (Å²) in [4.78, 5) is 12.4. The molecule has 1 N–H and O–H groups in total. The molecule has 2 unspecified atom stereocenters. The number of nitrogens with one attached hydrogen (secondary N) is 1. The summed E-state index contributed by atoms with van der Waals surface area (Å²) in [6.45, 7) is 4.50. The molecule has 0 aliphatic heterocycles. The van der Waals surface area contributed by atoms with Crippen LogP contribution in [0.1, 0.15) is 129 Å². The third-order valence-corrected chi connectivity index (χ3v) is 7.25. The summed E-state index contributed by atoms with van der Waals surface area (Å²) in [7, 11) is 0. The summed E-state index contributed by atoms with van der Waals surface area (Å²) in [6.07, 6.45) is 29.2. The van der Waals surface area contributed by atoms with Crippen LogP contribution < -0.4 is 5.32 Å². The zero-order chi connectivity index (χ0) is 23.8. The number of unbranched alkanes of at least 4 members (excludes halogenated alkanes) is 15. The van der Waals surface area contributed by atoms with Gasteiger partial charge in [-0.25, -0.2) is 0 Å². The molecule has 1 aliphatic carbocycles. The van der Waals surface area contributed by atoms with Crippen molar-refractivity contribution in [3.63, 3.8) is 0 Å². The highest BCUT2D eigenvalue weighted by molar-refractivity contribution is 6.17. The third kappa shape index (κ3) is 17.5. The van der Waals surface area contributed by atoms with Crippen LogP contribution in [-0.2, 0) is 9.53 Å². The van der Waals surface area contributed by atoms with Crippen molar-refractivity contribution in [2.45, 2.75) is 129 Å². The van der Waals surface area contributed by atoms with Crippen molar-refractivity contribution >= 4 is 17.5 Å². The molecule has 0 aromatic heterocycles. The smallest absolute Gasteiger partial charge is 0.223 e. The van der Waals surface area contributed by atoms with Crippen LogP contribution in [0.5, 0.6) is 0 Å². The molecule has 3 nitrogen and oxygen atoms in total. The standard InChI is InChI=1S/C29H54ClNO2/c1-2-3-4-5-6-7-8-9-10-11-12-13-14-15-16-19-25-33-26-27-21-17-18-22-28(27)29(32)31-24-20-23-30/h17-18,27-28H,2-16,19-26H2,1H3,(H,31,32). The predicted octanol–water partition coefficient (Wildman–Crippen LogP) is 8.59. The van der Waals surface area contributed by atoms with Gasteiger partial charge < -0.3 is 10.1 Å². The molecule has 0 fully saturated rings. The maximum atomic E-state index is 12.4. The van der Waals surface area contributed by atoms with Gasteiger partial charge in [0.05, 0.1) is 6.61 Å². The van der Waals surface area contributed by atoms with Crippen molar-refractivity contribution in [3.05, 3.63) is 12.2 Å². The van der Waals surface area contributed by atoms with E-state index in [1.54, 1.807) is 0 Å². The van der Waals surface area contributed by atoms with E-state index >= 15 is 0 Å². The first kappa shape index (κ1) is 30.5. The molecular weight excluding hydrogens is 430 g/mol. The van der Waals surface area contributed by atoms with E-state index in [2.05, 4.69) is 24.4 Å². The molecule has 0 aromatic carbocycles. The zero-order valence-corrected chi connectivity index (χ0v) is 22.5. The van der Waals surface area contributed by atoms with E-state index in [1.165, 1.54) is 96.3 Å². The number of amides is 1. The SMILES string of the molecule is CCCCCCCCCCCCCCCCCCOCC1CC=CCC1C(=O)NCCCCl. The lowest BCUT2D eigenvalue weighted by Crippen LogP contribution is -2.38. The predicted molar refractivity (Wildman–Crippen MR) is 144 cm³/mol. The van der Waals surface area contributed by atoms with Crippen molar-refractivity contribution in [2.24, 2.45) is 11.8 Å². The van der Waals surface area contributed by atoms with Gasteiger partial charge in [0.2, 0.25) is 5.91 Å². The number of halogens is 1. The lowest BCUT2D eigenvalue weighted by atomic mass is 9.83. The fourth-order valence-corrected chi connectivity index (χ4v) is 4.91. The van der Waals surface area contributed by atoms with Gasteiger partial charge in [-0.1, -0.05) is 115 Å². The molecule has 0 bridgehead atoms. The van der Waals surface area contributed by atoms with Crippen LogP contribution in [0.15, 0.2) is 12.2 Å². The summed E-state index contributed by atoms with van der Waals surface area (Å²) in [5, 5.41) is 3.03. The van der Waals surface area contributed by atoms with Gasteiger partial charge in [0, 0.05) is 24.9 Å². The van der Waals surface area contributed by atoms with E-state index < -0.39 is 0 Å². The lowest BCUT2D eigenvalue weighted by Gasteiger charge is -2.27. The Morgan fingerprint density at radius 1 is 0.788 bits per heavy atom. The normalized spacial score (nSPS) is 18.0. The minimum Gasteiger partial charge on any atom is -0.381 e. The van der Waals surface area contributed by atoms with Gasteiger partial charge in [0.25, 0.3) is 0 Å². The highest BCUT2D eigenvalue weighted by atomic mass is 35.5. The van der Waals surface area contributed by atoms with E-state index in [1.807, 2.05) is 0 Å². The third-order valence-electron chi connectivity index (χ3n) is 6.99. The summed E-state index contributed by atoms with van der Waals surface area (Å²) in [5.74, 6) is 1.13. The van der Waals surface area contributed by atoms with Crippen molar-refractivity contribution in [3.8, 4) is 0 Å². The number of hydrogen-bond donors (Lipinski definition) is 1. The Balaban J connectivity index is 1.87. The zero-order valence-electron chi connectivity index (χ0n) is 21.8. The number of hydrogen-bond acceptors (Lipinski definition) is 2. The Labute approximate surface area is 210 Å². The van der Waals surface area contributed by atoms with E-state index in [0.717, 1.165) is 32.3 Å². The molecule has 0 saturated heterocycles. The number of allylic oxidation sites excluding steroid dienone is 2. The minimum atomic E-state index is 0.0520. The lowest BCUT2D eigenvalue weighted by molar-refractivity contribution is -0.127. The Kier molecular flexibility index (Phi) is 21.4. The topological polar surface area (TPSA) is 38.3 Å². The van der Waals surface area contributed by atoms with Crippen LogP contribution in [0.3, 0.4) is 0 Å². The summed E-state index contributed by atoms with van der Waals surface area (Å²) in [6, 6.07) is 0. The number of alkyl halides is 1. The minimum absolute atomic E-state index is 0.0520. The number of carbonyl (C=O) groups excluding carboxylic acids is 1. The summed E-state index contributed by atoms with van der Waals surface area (Å²) >= 11 is 5.71. The van der Waals surface area contributed by atoms with Gasteiger partial charge in [-0.2, -0.15) is 0 Å². The molecule has 1 rings (SSSR count). The molecule has 1 aliphatic rings. The van der Waals surface area contributed by atoms with Crippen LogP contribution in [0.25, 0.3) is 0 Å². The summed E-state index contributed by atoms with van der Waals surface area (Å²) < 4.78 is 5.96. The fourth-order valence-electron chi connectivity index (χ4n) is 4.77. The van der Waals surface area contributed by atoms with E-state index in [0.29, 0.717) is 24.9 Å². The van der Waals surface area contributed by atoms with Crippen LogP contribution in [0.4, 0.5) is 0 Å². The van der Waals surface area contributed by atoms with Gasteiger partial charge in [-0.05, 0) is 31.6 Å². The van der Waals surface area contributed by atoms with Gasteiger partial charge >= 0.3 is 0 Å². The number of rotatable bonds is 23. The van der Waals surface area contributed by atoms with E-state index in [-0.39, 0.29) is 11.8 Å². The molecule has 1 amide bonds. The maximum absolute atomic E-state index is 12.4. The molecule has 4 heteroatoms. The largest absolute Gasteiger partial charge is 0.381 e. The van der Waals surface area contributed by atoms with Gasteiger partial charge in [-0.15, -0.1) is 11.6 Å². The Hall–Kier alpha value is -0.540. The highest BCUT2D eigenvalue weighted by Gasteiger charge is 2.28. The van der Waals surface area contributed by atoms with Crippen molar-refractivity contribution in [1.29, 1.82) is 0 Å². The van der Waals surface area contributed by atoms with Crippen molar-refractivity contribution < 1.29 is 9.53 Å². The van der Waals surface area contributed by atoms with Gasteiger partial charge in [0.15, 0.2) is 0 Å². The van der Waals surface area contributed by atoms with E-state index in [4.69, 9.17) is 16.3 Å². The molecule has 0 saturated carbocycles. The quantitative estimate of drug-likeness (QED) is 0.0896. The first-order valence-electron chi connectivity index (χ1n) is 14.4. The van der Waals surface area contributed by atoms with Gasteiger partial charge in [0.1, 0.15) is 0 Å². The second-order valence-corrected chi connectivity index (χ2v) is 10.4. The van der Waals surface area contributed by atoms with Crippen molar-refractivity contribution in [2.75, 3.05) is 25.6 Å².